The van der Waals surface area contributed by atoms with Crippen LogP contribution < -0.4 is 0 Å². The van der Waals surface area contributed by atoms with E-state index < -0.39 is 0 Å². The average Bonchev–Trinajstić information content (AvgIpc) is 2.54. The van der Waals surface area contributed by atoms with Crippen molar-refractivity contribution in [2.45, 2.75) is 0 Å². The Morgan fingerprint density at radius 3 is 2.62 bits per heavy atom. The second kappa shape index (κ2) is 3.58. The molecule has 1 heterocycles. The van der Waals surface area contributed by atoms with Gasteiger partial charge < -0.3 is 0 Å². The molecule has 13 heavy (non-hydrogen) atoms. The van der Waals surface area contributed by atoms with Gasteiger partial charge in [0, 0.05) is 0 Å². The van der Waals surface area contributed by atoms with Crippen LogP contribution in [0.5, 0.6) is 0 Å². The first-order valence-electron chi connectivity index (χ1n) is 3.86. The SMILES string of the molecule is O=C1N=CS/C1=C\c1ccccc1. The Kier molecular flexibility index (Phi) is 2.27. The second-order valence-corrected chi connectivity index (χ2v) is 3.46. The lowest BCUT2D eigenvalue weighted by molar-refractivity contribution is -0.113. The molecule has 0 N–H and O–H groups in total. The quantitative estimate of drug-likeness (QED) is 0.634. The Hall–Kier alpha value is -1.35. The molecule has 2 nitrogen and oxygen atoms in total. The Balaban J connectivity index is 2.27. The molecule has 1 amide bonds. The van der Waals surface area contributed by atoms with Crippen molar-refractivity contribution in [3.63, 3.8) is 0 Å². The summed E-state index contributed by atoms with van der Waals surface area (Å²) in [5.41, 5.74) is 2.60. The number of hydrogen-bond acceptors (Lipinski definition) is 2. The maximum absolute atomic E-state index is 11.1. The van der Waals surface area contributed by atoms with Gasteiger partial charge in [0.2, 0.25) is 0 Å². The van der Waals surface area contributed by atoms with E-state index in [9.17, 15) is 4.79 Å². The zero-order valence-corrected chi connectivity index (χ0v) is 7.62. The fourth-order valence-corrected chi connectivity index (χ4v) is 1.66. The minimum Gasteiger partial charge on any atom is -0.266 e. The third kappa shape index (κ3) is 1.87. The molecule has 0 saturated heterocycles. The summed E-state index contributed by atoms with van der Waals surface area (Å²) in [6, 6.07) is 9.75. The van der Waals surface area contributed by atoms with Crippen molar-refractivity contribution < 1.29 is 4.79 Å². The number of hydrogen-bond donors (Lipinski definition) is 0. The van der Waals surface area contributed by atoms with Gasteiger partial charge >= 0.3 is 0 Å². The maximum atomic E-state index is 11.1. The zero-order chi connectivity index (χ0) is 9.10. The molecule has 64 valence electrons. The van der Waals surface area contributed by atoms with Gasteiger partial charge in [-0.2, -0.15) is 0 Å². The highest BCUT2D eigenvalue weighted by atomic mass is 32.2. The van der Waals surface area contributed by atoms with Crippen molar-refractivity contribution >= 4 is 29.3 Å². The predicted octanol–water partition coefficient (Wildman–Crippen LogP) is 2.33. The van der Waals surface area contributed by atoms with Crippen molar-refractivity contribution in [3.05, 3.63) is 40.8 Å². The molecule has 1 aliphatic rings. The van der Waals surface area contributed by atoms with E-state index in [-0.39, 0.29) is 5.91 Å². The molecule has 0 saturated carbocycles. The number of benzene rings is 1. The molecule has 0 bridgehead atoms. The monoisotopic (exact) mass is 189 g/mol. The van der Waals surface area contributed by atoms with Gasteiger partial charge in [-0.15, -0.1) is 0 Å². The first-order valence-corrected chi connectivity index (χ1v) is 4.74. The summed E-state index contributed by atoms with van der Waals surface area (Å²) in [6.07, 6.45) is 1.85. The number of rotatable bonds is 1. The van der Waals surface area contributed by atoms with Crippen LogP contribution in [0.2, 0.25) is 0 Å². The Bertz CT molecular complexity index is 381. The van der Waals surface area contributed by atoms with Crippen LogP contribution in [0.1, 0.15) is 5.56 Å². The topological polar surface area (TPSA) is 29.4 Å². The number of aliphatic imine (C=N–C) groups is 1. The first-order chi connectivity index (χ1) is 6.36. The van der Waals surface area contributed by atoms with Crippen LogP contribution >= 0.6 is 11.8 Å². The van der Waals surface area contributed by atoms with E-state index >= 15 is 0 Å². The van der Waals surface area contributed by atoms with Gasteiger partial charge in [-0.05, 0) is 11.6 Å². The minimum atomic E-state index is -0.145. The van der Waals surface area contributed by atoms with Crippen molar-refractivity contribution in [1.82, 2.24) is 0 Å². The summed E-state index contributed by atoms with van der Waals surface area (Å²) in [6.45, 7) is 0. The molecule has 0 aromatic heterocycles. The molecule has 0 radical (unpaired) electrons. The Morgan fingerprint density at radius 2 is 2.00 bits per heavy atom. The molecule has 0 fully saturated rings. The molecule has 2 rings (SSSR count). The molecule has 1 aromatic carbocycles. The zero-order valence-electron chi connectivity index (χ0n) is 6.81. The van der Waals surface area contributed by atoms with E-state index in [1.54, 1.807) is 5.55 Å². The fourth-order valence-electron chi connectivity index (χ4n) is 1.04. The van der Waals surface area contributed by atoms with Crippen LogP contribution in [0.25, 0.3) is 6.08 Å². The van der Waals surface area contributed by atoms with Crippen molar-refractivity contribution in [2.24, 2.45) is 4.99 Å². The van der Waals surface area contributed by atoms with Crippen LogP contribution in [-0.4, -0.2) is 11.5 Å². The first kappa shape index (κ1) is 8.26. The van der Waals surface area contributed by atoms with Gasteiger partial charge in [-0.25, -0.2) is 4.99 Å². The second-order valence-electron chi connectivity index (χ2n) is 2.58. The third-order valence-electron chi connectivity index (χ3n) is 1.66. The van der Waals surface area contributed by atoms with E-state index in [1.165, 1.54) is 11.8 Å². The van der Waals surface area contributed by atoms with E-state index in [1.807, 2.05) is 36.4 Å². The smallest absolute Gasteiger partial charge is 0.266 e. The lowest BCUT2D eigenvalue weighted by Gasteiger charge is -1.93. The molecule has 1 aromatic rings. The van der Waals surface area contributed by atoms with E-state index in [4.69, 9.17) is 0 Å². The van der Waals surface area contributed by atoms with Gasteiger partial charge in [0.25, 0.3) is 5.91 Å². The van der Waals surface area contributed by atoms with Crippen molar-refractivity contribution in [2.75, 3.05) is 0 Å². The lowest BCUT2D eigenvalue weighted by atomic mass is 10.2. The molecular formula is C10H7NOS. The predicted molar refractivity (Wildman–Crippen MR) is 55.5 cm³/mol. The van der Waals surface area contributed by atoms with Gasteiger partial charge in [0.15, 0.2) is 0 Å². The van der Waals surface area contributed by atoms with E-state index in [0.29, 0.717) is 4.91 Å². The molecule has 0 aliphatic carbocycles. The molecule has 0 spiro atoms. The summed E-state index contributed by atoms with van der Waals surface area (Å²) >= 11 is 1.37. The number of carbonyl (C=O) groups excluding carboxylic acids is 1. The number of thioether (sulfide) groups is 1. The number of amides is 1. The van der Waals surface area contributed by atoms with Crippen LogP contribution in [0.4, 0.5) is 0 Å². The summed E-state index contributed by atoms with van der Waals surface area (Å²) in [5.74, 6) is -0.145. The number of nitrogens with zero attached hydrogens (tertiary/aromatic N) is 1. The standard InChI is InChI=1S/C10H7NOS/c12-10-9(13-7-11-10)6-8-4-2-1-3-5-8/h1-7H/b9-6-. The highest BCUT2D eigenvalue weighted by Crippen LogP contribution is 2.23. The highest BCUT2D eigenvalue weighted by molar-refractivity contribution is 8.16. The summed E-state index contributed by atoms with van der Waals surface area (Å²) < 4.78 is 0. The van der Waals surface area contributed by atoms with Gasteiger partial charge in [0.1, 0.15) is 0 Å². The molecule has 0 unspecified atom stereocenters. The van der Waals surface area contributed by atoms with Crippen LogP contribution in [0, 0.1) is 0 Å². The van der Waals surface area contributed by atoms with Crippen LogP contribution in [0.15, 0.2) is 40.2 Å². The average molecular weight is 189 g/mol. The Morgan fingerprint density at radius 1 is 1.23 bits per heavy atom. The van der Waals surface area contributed by atoms with E-state index in [0.717, 1.165) is 5.56 Å². The van der Waals surface area contributed by atoms with E-state index in [2.05, 4.69) is 4.99 Å². The normalized spacial score (nSPS) is 18.5. The van der Waals surface area contributed by atoms with Crippen molar-refractivity contribution in [3.8, 4) is 0 Å². The van der Waals surface area contributed by atoms with Gasteiger partial charge in [-0.1, -0.05) is 42.1 Å². The van der Waals surface area contributed by atoms with Crippen LogP contribution in [0.3, 0.4) is 0 Å². The van der Waals surface area contributed by atoms with Gasteiger partial charge in [0.05, 0.1) is 10.5 Å². The van der Waals surface area contributed by atoms with Crippen molar-refractivity contribution in [1.29, 1.82) is 0 Å². The maximum Gasteiger partial charge on any atom is 0.284 e. The Labute approximate surface area is 80.4 Å². The molecule has 3 heteroatoms. The number of carbonyl (C=O) groups is 1. The molecular weight excluding hydrogens is 182 g/mol. The highest BCUT2D eigenvalue weighted by Gasteiger charge is 2.12. The lowest BCUT2D eigenvalue weighted by Crippen LogP contribution is -1.87. The summed E-state index contributed by atoms with van der Waals surface area (Å²) in [5, 5.41) is 0. The molecule has 1 aliphatic heterocycles. The largest absolute Gasteiger partial charge is 0.284 e. The van der Waals surface area contributed by atoms with Crippen LogP contribution in [-0.2, 0) is 4.79 Å². The molecule has 0 atom stereocenters. The fraction of sp³-hybridized carbons (Fsp3) is 0. The summed E-state index contributed by atoms with van der Waals surface area (Å²) in [4.78, 5) is 15.4. The van der Waals surface area contributed by atoms with Gasteiger partial charge in [-0.3, -0.25) is 4.79 Å². The summed E-state index contributed by atoms with van der Waals surface area (Å²) in [7, 11) is 0. The third-order valence-corrected chi connectivity index (χ3v) is 2.41. The minimum absolute atomic E-state index is 0.145.